The van der Waals surface area contributed by atoms with Crippen LogP contribution in [-0.2, 0) is 6.54 Å². The standard InChI is InChI=1S/C13H23N3/c1-3-9-16-13(7-8-14-16)15-12-6-4-5-11(2)10-12/h7-8,11-12,15H,3-6,9-10H2,1-2H3. The highest BCUT2D eigenvalue weighted by molar-refractivity contribution is 5.35. The number of hydrogen-bond donors (Lipinski definition) is 1. The van der Waals surface area contributed by atoms with Gasteiger partial charge in [-0.3, -0.25) is 0 Å². The fourth-order valence-corrected chi connectivity index (χ4v) is 2.62. The molecule has 0 saturated heterocycles. The zero-order chi connectivity index (χ0) is 11.4. The summed E-state index contributed by atoms with van der Waals surface area (Å²) >= 11 is 0. The minimum absolute atomic E-state index is 0.649. The Morgan fingerprint density at radius 1 is 1.50 bits per heavy atom. The van der Waals surface area contributed by atoms with E-state index in [1.807, 2.05) is 6.20 Å². The molecule has 1 saturated carbocycles. The summed E-state index contributed by atoms with van der Waals surface area (Å²) < 4.78 is 2.08. The van der Waals surface area contributed by atoms with Gasteiger partial charge in [-0.05, 0) is 25.2 Å². The molecular formula is C13H23N3. The molecule has 2 atom stereocenters. The molecule has 1 aliphatic rings. The van der Waals surface area contributed by atoms with E-state index in [-0.39, 0.29) is 0 Å². The Morgan fingerprint density at radius 2 is 2.38 bits per heavy atom. The lowest BCUT2D eigenvalue weighted by atomic mass is 9.87. The van der Waals surface area contributed by atoms with Crippen molar-refractivity contribution < 1.29 is 0 Å². The van der Waals surface area contributed by atoms with Crippen LogP contribution >= 0.6 is 0 Å². The van der Waals surface area contributed by atoms with Gasteiger partial charge in [-0.15, -0.1) is 0 Å². The molecule has 16 heavy (non-hydrogen) atoms. The van der Waals surface area contributed by atoms with Gasteiger partial charge in [-0.25, -0.2) is 4.68 Å². The normalized spacial score (nSPS) is 25.6. The minimum Gasteiger partial charge on any atom is -0.368 e. The molecule has 0 bridgehead atoms. The maximum atomic E-state index is 4.34. The third-order valence-electron chi connectivity index (χ3n) is 3.44. The third-order valence-corrected chi connectivity index (χ3v) is 3.44. The molecular weight excluding hydrogens is 198 g/mol. The Kier molecular flexibility index (Phi) is 3.86. The fourth-order valence-electron chi connectivity index (χ4n) is 2.62. The van der Waals surface area contributed by atoms with Crippen LogP contribution in [0.4, 0.5) is 5.82 Å². The molecule has 1 aromatic heterocycles. The zero-order valence-electron chi connectivity index (χ0n) is 10.4. The molecule has 1 aromatic rings. The Balaban J connectivity index is 1.94. The van der Waals surface area contributed by atoms with E-state index >= 15 is 0 Å². The quantitative estimate of drug-likeness (QED) is 0.845. The van der Waals surface area contributed by atoms with Crippen LogP contribution in [0.5, 0.6) is 0 Å². The average molecular weight is 221 g/mol. The lowest BCUT2D eigenvalue weighted by molar-refractivity contribution is 0.357. The van der Waals surface area contributed by atoms with E-state index in [9.17, 15) is 0 Å². The SMILES string of the molecule is CCCn1nccc1NC1CCCC(C)C1. The first-order valence-electron chi connectivity index (χ1n) is 6.58. The Hall–Kier alpha value is -0.990. The molecule has 1 heterocycles. The minimum atomic E-state index is 0.649. The molecule has 3 heteroatoms. The van der Waals surface area contributed by atoms with Gasteiger partial charge in [-0.1, -0.05) is 26.7 Å². The second-order valence-corrected chi connectivity index (χ2v) is 5.05. The maximum absolute atomic E-state index is 4.34. The van der Waals surface area contributed by atoms with Crippen molar-refractivity contribution in [2.24, 2.45) is 5.92 Å². The predicted octanol–water partition coefficient (Wildman–Crippen LogP) is 3.28. The lowest BCUT2D eigenvalue weighted by Gasteiger charge is -2.28. The first kappa shape index (κ1) is 11.5. The molecule has 3 nitrogen and oxygen atoms in total. The summed E-state index contributed by atoms with van der Waals surface area (Å²) in [6, 6.07) is 2.74. The molecule has 90 valence electrons. The molecule has 0 amide bonds. The van der Waals surface area contributed by atoms with E-state index in [1.54, 1.807) is 0 Å². The van der Waals surface area contributed by atoms with Crippen molar-refractivity contribution in [3.63, 3.8) is 0 Å². The summed E-state index contributed by atoms with van der Waals surface area (Å²) in [5.74, 6) is 2.06. The van der Waals surface area contributed by atoms with Crippen molar-refractivity contribution >= 4 is 5.82 Å². The molecule has 1 N–H and O–H groups in total. The van der Waals surface area contributed by atoms with Gasteiger partial charge in [0.05, 0.1) is 6.20 Å². The van der Waals surface area contributed by atoms with Gasteiger partial charge in [0, 0.05) is 18.7 Å². The van der Waals surface area contributed by atoms with Gasteiger partial charge in [0.15, 0.2) is 0 Å². The number of nitrogens with zero attached hydrogens (tertiary/aromatic N) is 2. The monoisotopic (exact) mass is 221 g/mol. The fraction of sp³-hybridized carbons (Fsp3) is 0.769. The summed E-state index contributed by atoms with van der Waals surface area (Å²) in [4.78, 5) is 0. The average Bonchev–Trinajstić information content (AvgIpc) is 2.66. The number of aromatic nitrogens is 2. The van der Waals surface area contributed by atoms with Crippen LogP contribution in [0.2, 0.25) is 0 Å². The van der Waals surface area contributed by atoms with E-state index in [0.717, 1.165) is 18.9 Å². The van der Waals surface area contributed by atoms with Crippen molar-refractivity contribution in [1.29, 1.82) is 0 Å². The third kappa shape index (κ3) is 2.77. The van der Waals surface area contributed by atoms with Crippen molar-refractivity contribution in [2.75, 3.05) is 5.32 Å². The van der Waals surface area contributed by atoms with E-state index in [0.29, 0.717) is 6.04 Å². The number of anilines is 1. The molecule has 1 aliphatic carbocycles. The van der Waals surface area contributed by atoms with E-state index in [1.165, 1.54) is 31.5 Å². The highest BCUT2D eigenvalue weighted by Crippen LogP contribution is 2.26. The van der Waals surface area contributed by atoms with E-state index in [4.69, 9.17) is 0 Å². The number of rotatable bonds is 4. The summed E-state index contributed by atoms with van der Waals surface area (Å²) in [6.45, 7) is 5.56. The van der Waals surface area contributed by atoms with Crippen LogP contribution in [0.25, 0.3) is 0 Å². The highest BCUT2D eigenvalue weighted by atomic mass is 15.3. The number of nitrogens with one attached hydrogen (secondary N) is 1. The van der Waals surface area contributed by atoms with E-state index < -0.39 is 0 Å². The predicted molar refractivity (Wildman–Crippen MR) is 67.6 cm³/mol. The smallest absolute Gasteiger partial charge is 0.124 e. The molecule has 0 aliphatic heterocycles. The van der Waals surface area contributed by atoms with Crippen LogP contribution in [0.1, 0.15) is 46.0 Å². The summed E-state index contributed by atoms with van der Waals surface area (Å²) in [5.41, 5.74) is 0. The first-order valence-corrected chi connectivity index (χ1v) is 6.58. The Labute approximate surface area is 98.2 Å². The first-order chi connectivity index (χ1) is 7.79. The number of hydrogen-bond acceptors (Lipinski definition) is 2. The van der Waals surface area contributed by atoms with Gasteiger partial charge >= 0.3 is 0 Å². The summed E-state index contributed by atoms with van der Waals surface area (Å²) in [5, 5.41) is 7.99. The van der Waals surface area contributed by atoms with Crippen molar-refractivity contribution in [2.45, 2.75) is 58.5 Å². The van der Waals surface area contributed by atoms with Crippen LogP contribution in [-0.4, -0.2) is 15.8 Å². The molecule has 2 unspecified atom stereocenters. The van der Waals surface area contributed by atoms with Crippen LogP contribution in [0.15, 0.2) is 12.3 Å². The molecule has 0 radical (unpaired) electrons. The highest BCUT2D eigenvalue weighted by Gasteiger charge is 2.19. The number of aryl methyl sites for hydroxylation is 1. The topological polar surface area (TPSA) is 29.9 Å². The van der Waals surface area contributed by atoms with Crippen LogP contribution in [0.3, 0.4) is 0 Å². The largest absolute Gasteiger partial charge is 0.368 e. The van der Waals surface area contributed by atoms with Gasteiger partial charge in [-0.2, -0.15) is 5.10 Å². The zero-order valence-corrected chi connectivity index (χ0v) is 10.4. The van der Waals surface area contributed by atoms with Gasteiger partial charge in [0.2, 0.25) is 0 Å². The van der Waals surface area contributed by atoms with Crippen LogP contribution < -0.4 is 5.32 Å². The Morgan fingerprint density at radius 3 is 3.12 bits per heavy atom. The molecule has 2 rings (SSSR count). The summed E-state index contributed by atoms with van der Waals surface area (Å²) in [6.07, 6.45) is 8.40. The lowest BCUT2D eigenvalue weighted by Crippen LogP contribution is -2.27. The van der Waals surface area contributed by atoms with Gasteiger partial charge in [0.25, 0.3) is 0 Å². The Bertz CT molecular complexity index is 319. The summed E-state index contributed by atoms with van der Waals surface area (Å²) in [7, 11) is 0. The second-order valence-electron chi connectivity index (χ2n) is 5.05. The maximum Gasteiger partial charge on any atom is 0.124 e. The van der Waals surface area contributed by atoms with Crippen LogP contribution in [0, 0.1) is 5.92 Å². The van der Waals surface area contributed by atoms with Crippen molar-refractivity contribution in [3.05, 3.63) is 12.3 Å². The molecule has 0 aromatic carbocycles. The van der Waals surface area contributed by atoms with Gasteiger partial charge < -0.3 is 5.32 Å². The second kappa shape index (κ2) is 5.37. The van der Waals surface area contributed by atoms with Gasteiger partial charge in [0.1, 0.15) is 5.82 Å². The van der Waals surface area contributed by atoms with Crippen molar-refractivity contribution in [1.82, 2.24) is 9.78 Å². The molecule has 0 spiro atoms. The van der Waals surface area contributed by atoms with E-state index in [2.05, 4.69) is 35.0 Å². The van der Waals surface area contributed by atoms with Crippen molar-refractivity contribution in [3.8, 4) is 0 Å². The molecule has 1 fully saturated rings.